The van der Waals surface area contributed by atoms with Crippen LogP contribution in [0.3, 0.4) is 0 Å². The number of hydrogen-bond donors (Lipinski definition) is 0. The zero-order valence-electron chi connectivity index (χ0n) is 14.9. The van der Waals surface area contributed by atoms with Gasteiger partial charge < -0.3 is 19.4 Å². The van der Waals surface area contributed by atoms with Gasteiger partial charge in [-0.1, -0.05) is 0 Å². The fraction of sp³-hybridized carbons (Fsp3) is 0.368. The van der Waals surface area contributed by atoms with Gasteiger partial charge in [-0.25, -0.2) is 13.6 Å². The van der Waals surface area contributed by atoms with Gasteiger partial charge in [0.25, 0.3) is 0 Å². The van der Waals surface area contributed by atoms with Gasteiger partial charge >= 0.3 is 6.03 Å². The van der Waals surface area contributed by atoms with Crippen molar-refractivity contribution in [2.45, 2.75) is 12.6 Å². The Morgan fingerprint density at radius 2 is 2.07 bits per heavy atom. The molecule has 0 bridgehead atoms. The molecule has 2 saturated heterocycles. The minimum atomic E-state index is -0.395. The number of benzene rings is 1. The predicted octanol–water partition coefficient (Wildman–Crippen LogP) is 2.49. The van der Waals surface area contributed by atoms with Gasteiger partial charge in [0, 0.05) is 45.0 Å². The highest BCUT2D eigenvalue weighted by Crippen LogP contribution is 2.27. The number of fused-ring (bicyclic) bond motifs is 1. The van der Waals surface area contributed by atoms with Crippen LogP contribution >= 0.6 is 0 Å². The largest absolute Gasteiger partial charge is 0.497 e. The van der Waals surface area contributed by atoms with Crippen molar-refractivity contribution in [3.63, 3.8) is 0 Å². The van der Waals surface area contributed by atoms with Crippen LogP contribution in [-0.2, 0) is 6.54 Å². The summed E-state index contributed by atoms with van der Waals surface area (Å²) in [5, 5.41) is 0. The van der Waals surface area contributed by atoms with E-state index in [2.05, 4.69) is 4.98 Å². The molecule has 1 atom stereocenters. The molecule has 2 aliphatic rings. The predicted molar refractivity (Wildman–Crippen MR) is 95.7 cm³/mol. The summed E-state index contributed by atoms with van der Waals surface area (Å²) in [6.45, 7) is 2.46. The summed E-state index contributed by atoms with van der Waals surface area (Å²) in [4.78, 5) is 22.0. The number of pyridine rings is 1. The van der Waals surface area contributed by atoms with Gasteiger partial charge in [-0.05, 0) is 23.8 Å². The summed E-state index contributed by atoms with van der Waals surface area (Å²) < 4.78 is 32.8. The third-order valence-corrected chi connectivity index (χ3v) is 5.06. The Balaban J connectivity index is 1.48. The lowest BCUT2D eigenvalue weighted by Gasteiger charge is -2.37. The van der Waals surface area contributed by atoms with Gasteiger partial charge in [0.1, 0.15) is 11.6 Å². The van der Waals surface area contributed by atoms with Crippen molar-refractivity contribution in [3.8, 4) is 5.75 Å². The molecule has 6 nitrogen and oxygen atoms in total. The second-order valence-corrected chi connectivity index (χ2v) is 6.78. The molecule has 3 heterocycles. The van der Waals surface area contributed by atoms with Crippen LogP contribution in [0.5, 0.6) is 5.75 Å². The number of hydrogen-bond acceptors (Lipinski definition) is 4. The molecule has 8 heteroatoms. The molecular formula is C19H20F2N4O2. The van der Waals surface area contributed by atoms with Gasteiger partial charge in [-0.15, -0.1) is 0 Å². The molecule has 1 aromatic carbocycles. The third-order valence-electron chi connectivity index (χ3n) is 5.06. The van der Waals surface area contributed by atoms with Gasteiger partial charge in [-0.2, -0.15) is 0 Å². The van der Waals surface area contributed by atoms with E-state index < -0.39 is 5.82 Å². The van der Waals surface area contributed by atoms with Crippen molar-refractivity contribution in [2.75, 3.05) is 38.2 Å². The summed E-state index contributed by atoms with van der Waals surface area (Å²) >= 11 is 0. The summed E-state index contributed by atoms with van der Waals surface area (Å²) in [6, 6.07) is 5.99. The average molecular weight is 374 g/mol. The Hall–Kier alpha value is -2.90. The first kappa shape index (κ1) is 17.5. The lowest BCUT2D eigenvalue weighted by molar-refractivity contribution is 0.181. The van der Waals surface area contributed by atoms with Crippen LogP contribution in [0, 0.1) is 11.6 Å². The quantitative estimate of drug-likeness (QED) is 0.825. The molecule has 2 fully saturated rings. The lowest BCUT2D eigenvalue weighted by Crippen LogP contribution is -2.52. The molecule has 0 spiro atoms. The first-order valence-corrected chi connectivity index (χ1v) is 8.78. The number of carbonyl (C=O) groups excluding carboxylic acids is 1. The number of ether oxygens (including phenoxy) is 1. The van der Waals surface area contributed by atoms with Crippen LogP contribution in [0.25, 0.3) is 0 Å². The smallest absolute Gasteiger partial charge is 0.320 e. The number of carbonyl (C=O) groups is 1. The molecule has 0 unspecified atom stereocenters. The van der Waals surface area contributed by atoms with Crippen LogP contribution in [0.4, 0.5) is 19.3 Å². The number of methoxy groups -OCH3 is 1. The molecule has 1 aromatic heterocycles. The number of urea groups is 1. The second kappa shape index (κ2) is 7.02. The maximum absolute atomic E-state index is 14.0. The van der Waals surface area contributed by atoms with E-state index in [9.17, 15) is 13.6 Å². The standard InChI is InChI=1S/C19H20F2N4O2/c1-27-16-7-13(6-14(20)8-16)10-24-12-15-11-23(4-5-25(15)19(24)26)18-2-3-22-9-17(18)21/h2-3,6-9,15H,4-5,10-12H2,1H3/t15-/m1/s1. The topological polar surface area (TPSA) is 48.9 Å². The lowest BCUT2D eigenvalue weighted by atomic mass is 10.1. The maximum Gasteiger partial charge on any atom is 0.320 e. The van der Waals surface area contributed by atoms with Crippen LogP contribution < -0.4 is 9.64 Å². The van der Waals surface area contributed by atoms with Crippen molar-refractivity contribution in [1.29, 1.82) is 0 Å². The number of piperazine rings is 1. The Morgan fingerprint density at radius 3 is 2.85 bits per heavy atom. The molecular weight excluding hydrogens is 354 g/mol. The molecule has 142 valence electrons. The van der Waals surface area contributed by atoms with E-state index in [4.69, 9.17) is 4.74 Å². The van der Waals surface area contributed by atoms with Gasteiger partial charge in [-0.3, -0.25) is 4.98 Å². The van der Waals surface area contributed by atoms with Crippen molar-refractivity contribution in [1.82, 2.24) is 14.8 Å². The Labute approximate surface area is 156 Å². The van der Waals surface area contributed by atoms with Crippen molar-refractivity contribution in [2.24, 2.45) is 0 Å². The Bertz CT molecular complexity index is 863. The molecule has 27 heavy (non-hydrogen) atoms. The second-order valence-electron chi connectivity index (χ2n) is 6.78. The van der Waals surface area contributed by atoms with E-state index in [1.807, 2.05) is 9.80 Å². The molecule has 2 aliphatic heterocycles. The zero-order chi connectivity index (χ0) is 19.0. The van der Waals surface area contributed by atoms with E-state index in [0.29, 0.717) is 49.7 Å². The van der Waals surface area contributed by atoms with E-state index in [0.717, 1.165) is 0 Å². The fourth-order valence-corrected chi connectivity index (χ4v) is 3.80. The van der Waals surface area contributed by atoms with Crippen LogP contribution in [0.15, 0.2) is 36.7 Å². The normalized spacial score (nSPS) is 19.4. The number of anilines is 1. The average Bonchev–Trinajstić information content (AvgIpc) is 2.96. The SMILES string of the molecule is COc1cc(F)cc(CN2C[C@H]3CN(c4ccncc4F)CCN3C2=O)c1. The number of amides is 2. The summed E-state index contributed by atoms with van der Waals surface area (Å²) in [5.41, 5.74) is 1.18. The molecule has 0 saturated carbocycles. The highest BCUT2D eigenvalue weighted by molar-refractivity contribution is 5.78. The molecule has 0 radical (unpaired) electrons. The minimum Gasteiger partial charge on any atom is -0.497 e. The Morgan fingerprint density at radius 1 is 1.22 bits per heavy atom. The van der Waals surface area contributed by atoms with Crippen LogP contribution in [-0.4, -0.2) is 60.1 Å². The third kappa shape index (κ3) is 3.39. The zero-order valence-corrected chi connectivity index (χ0v) is 14.9. The molecule has 0 aliphatic carbocycles. The number of aromatic nitrogens is 1. The maximum atomic E-state index is 14.0. The summed E-state index contributed by atoms with van der Waals surface area (Å²) in [7, 11) is 1.48. The van der Waals surface area contributed by atoms with E-state index in [-0.39, 0.29) is 17.9 Å². The van der Waals surface area contributed by atoms with Crippen molar-refractivity contribution >= 4 is 11.7 Å². The van der Waals surface area contributed by atoms with E-state index >= 15 is 0 Å². The van der Waals surface area contributed by atoms with Gasteiger partial charge in [0.05, 0.1) is 25.0 Å². The van der Waals surface area contributed by atoms with Gasteiger partial charge in [0.2, 0.25) is 0 Å². The minimum absolute atomic E-state index is 0.0331. The first-order chi connectivity index (χ1) is 13.0. The Kier molecular flexibility index (Phi) is 4.55. The van der Waals surface area contributed by atoms with Gasteiger partial charge in [0.15, 0.2) is 5.82 Å². The monoisotopic (exact) mass is 374 g/mol. The number of nitrogens with zero attached hydrogens (tertiary/aromatic N) is 4. The summed E-state index contributed by atoms with van der Waals surface area (Å²) in [5.74, 6) is -0.333. The molecule has 2 amide bonds. The highest BCUT2D eigenvalue weighted by Gasteiger charge is 2.40. The summed E-state index contributed by atoms with van der Waals surface area (Å²) in [6.07, 6.45) is 2.76. The van der Waals surface area contributed by atoms with Crippen LogP contribution in [0.1, 0.15) is 5.56 Å². The molecule has 0 N–H and O–H groups in total. The number of halogens is 2. The van der Waals surface area contributed by atoms with E-state index in [1.54, 1.807) is 23.2 Å². The fourth-order valence-electron chi connectivity index (χ4n) is 3.80. The van der Waals surface area contributed by atoms with Crippen molar-refractivity contribution in [3.05, 3.63) is 53.9 Å². The number of rotatable bonds is 4. The first-order valence-electron chi connectivity index (χ1n) is 8.78. The van der Waals surface area contributed by atoms with Crippen molar-refractivity contribution < 1.29 is 18.3 Å². The van der Waals surface area contributed by atoms with E-state index in [1.165, 1.54) is 25.4 Å². The highest BCUT2D eigenvalue weighted by atomic mass is 19.1. The molecule has 2 aromatic rings. The van der Waals surface area contributed by atoms with Crippen LogP contribution in [0.2, 0.25) is 0 Å². The molecule has 4 rings (SSSR count).